The van der Waals surface area contributed by atoms with Crippen molar-refractivity contribution in [2.45, 2.75) is 12.5 Å². The maximum Gasteiger partial charge on any atom is 0.339 e. The number of ether oxygens (including phenoxy) is 3. The van der Waals surface area contributed by atoms with Gasteiger partial charge < -0.3 is 56.1 Å². The third-order valence-electron chi connectivity index (χ3n) is 8.59. The van der Waals surface area contributed by atoms with Crippen LogP contribution < -0.4 is 40.8 Å². The lowest BCUT2D eigenvalue weighted by atomic mass is 10.1. The average molecular weight is 835 g/mol. The van der Waals surface area contributed by atoms with E-state index in [0.717, 1.165) is 13.2 Å². The first-order valence-corrected chi connectivity index (χ1v) is 17.8. The predicted molar refractivity (Wildman–Crippen MR) is 216 cm³/mol. The van der Waals surface area contributed by atoms with Gasteiger partial charge in [0.05, 0.1) is 43.6 Å². The average Bonchev–Trinajstić information content (AvgIpc) is 3.23. The number of hydrogen-bond acceptors (Lipinski definition) is 12. The minimum atomic E-state index is -1.43. The summed E-state index contributed by atoms with van der Waals surface area (Å²) in [6.07, 6.45) is -0.382. The maximum atomic E-state index is 13.2. The molecule has 0 spiro atoms. The van der Waals surface area contributed by atoms with E-state index in [0.29, 0.717) is 11.4 Å². The fourth-order valence-corrected chi connectivity index (χ4v) is 5.55. The molecule has 5 aromatic rings. The Kier molecular flexibility index (Phi) is 14.0. The largest absolute Gasteiger partial charge is 0.504 e. The van der Waals surface area contributed by atoms with Gasteiger partial charge in [-0.2, -0.15) is 5.26 Å². The van der Waals surface area contributed by atoms with Crippen molar-refractivity contribution in [3.8, 4) is 34.8 Å². The van der Waals surface area contributed by atoms with Crippen LogP contribution in [0, 0.1) is 17.1 Å². The molecule has 8 N–H and O–H groups in total. The van der Waals surface area contributed by atoms with Crippen LogP contribution in [0.25, 0.3) is 0 Å². The van der Waals surface area contributed by atoms with Crippen molar-refractivity contribution >= 4 is 58.3 Å². The molecule has 0 fully saturated rings. The molecule has 61 heavy (non-hydrogen) atoms. The van der Waals surface area contributed by atoms with Crippen LogP contribution in [0.1, 0.15) is 47.9 Å². The Morgan fingerprint density at radius 3 is 1.70 bits per heavy atom. The smallest absolute Gasteiger partial charge is 0.339 e. The third kappa shape index (κ3) is 10.8. The molecule has 0 bridgehead atoms. The van der Waals surface area contributed by atoms with Crippen molar-refractivity contribution in [2.75, 3.05) is 42.1 Å². The molecule has 5 amide bonds. The highest BCUT2D eigenvalue weighted by atomic mass is 19.1. The minimum absolute atomic E-state index is 0.0254. The highest BCUT2D eigenvalue weighted by Crippen LogP contribution is 2.40. The first-order chi connectivity index (χ1) is 29.2. The fourth-order valence-electron chi connectivity index (χ4n) is 5.55. The number of carboxylic acid groups (broad SMARTS) is 1. The Morgan fingerprint density at radius 2 is 1.16 bits per heavy atom. The Balaban J connectivity index is 1.16. The van der Waals surface area contributed by atoms with Gasteiger partial charge in [0.2, 0.25) is 5.91 Å². The van der Waals surface area contributed by atoms with Gasteiger partial charge in [-0.3, -0.25) is 24.0 Å². The number of phenolic OH excluding ortho intramolecular Hbond substituents is 1. The summed E-state index contributed by atoms with van der Waals surface area (Å²) < 4.78 is 28.7. The first kappa shape index (κ1) is 43.5. The Bertz CT molecular complexity index is 2530. The molecule has 0 heterocycles. The number of halogens is 1. The van der Waals surface area contributed by atoms with E-state index in [4.69, 9.17) is 14.2 Å². The number of aromatic hydroxyl groups is 2. The number of carbonyl (C=O) groups excluding carboxylic acids is 5. The molecule has 0 saturated carbocycles. The van der Waals surface area contributed by atoms with E-state index in [1.165, 1.54) is 98.1 Å². The summed E-state index contributed by atoms with van der Waals surface area (Å²) in [5.41, 5.74) is -0.117. The Morgan fingerprint density at radius 1 is 0.656 bits per heavy atom. The number of amides is 5. The second-order valence-corrected chi connectivity index (χ2v) is 12.6. The van der Waals surface area contributed by atoms with Gasteiger partial charge in [0, 0.05) is 22.5 Å². The van der Waals surface area contributed by atoms with Crippen molar-refractivity contribution in [3.63, 3.8) is 0 Å². The quantitative estimate of drug-likeness (QED) is 0.0642. The summed E-state index contributed by atoms with van der Waals surface area (Å²) in [5, 5.41) is 52.4. The van der Waals surface area contributed by atoms with Gasteiger partial charge in [-0.05, 0) is 97.1 Å². The van der Waals surface area contributed by atoms with Crippen LogP contribution in [-0.2, 0) is 9.59 Å². The zero-order valence-corrected chi connectivity index (χ0v) is 32.1. The molecule has 19 heteroatoms. The lowest BCUT2D eigenvalue weighted by Gasteiger charge is -2.17. The SMILES string of the molecule is COc1c(NC(=O)c2ccc(NC(=O)c3ccc(NC(=O)[C@H](CC#N)NC(=O)c4ccc(NC(=O)COc5ccc(F)cc5)cc4)cc3)c(OC)c2O)ccc(C(=O)O)c1O. The number of phenols is 2. The molecule has 18 nitrogen and oxygen atoms in total. The van der Waals surface area contributed by atoms with Crippen LogP contribution in [0.2, 0.25) is 0 Å². The Labute approximate surface area is 345 Å². The molecule has 0 radical (unpaired) electrons. The number of methoxy groups -OCH3 is 2. The molecule has 0 unspecified atom stereocenters. The van der Waals surface area contributed by atoms with Crippen LogP contribution in [0.3, 0.4) is 0 Å². The zero-order valence-electron chi connectivity index (χ0n) is 32.1. The number of rotatable bonds is 16. The van der Waals surface area contributed by atoms with E-state index >= 15 is 0 Å². The van der Waals surface area contributed by atoms with Gasteiger partial charge in [-0.25, -0.2) is 9.18 Å². The van der Waals surface area contributed by atoms with Crippen LogP contribution in [0.15, 0.2) is 97.1 Å². The summed E-state index contributed by atoms with van der Waals surface area (Å²) in [7, 11) is 2.34. The van der Waals surface area contributed by atoms with E-state index in [-0.39, 0.29) is 58.3 Å². The third-order valence-corrected chi connectivity index (χ3v) is 8.59. The summed E-state index contributed by atoms with van der Waals surface area (Å²) in [6, 6.07) is 21.6. The molecule has 0 aromatic heterocycles. The van der Waals surface area contributed by atoms with Crippen molar-refractivity contribution in [1.82, 2.24) is 5.32 Å². The van der Waals surface area contributed by atoms with E-state index in [1.54, 1.807) is 0 Å². The van der Waals surface area contributed by atoms with Crippen LogP contribution in [0.4, 0.5) is 27.1 Å². The second kappa shape index (κ2) is 19.7. The van der Waals surface area contributed by atoms with Gasteiger partial charge in [0.15, 0.2) is 29.6 Å². The number of nitriles is 1. The molecular weight excluding hydrogens is 799 g/mol. The van der Waals surface area contributed by atoms with Crippen molar-refractivity contribution in [3.05, 3.63) is 125 Å². The van der Waals surface area contributed by atoms with Crippen molar-refractivity contribution in [2.24, 2.45) is 0 Å². The molecule has 312 valence electrons. The van der Waals surface area contributed by atoms with E-state index in [1.807, 2.05) is 6.07 Å². The predicted octanol–water partition coefficient (Wildman–Crippen LogP) is 5.13. The molecule has 0 saturated heterocycles. The highest BCUT2D eigenvalue weighted by molar-refractivity contribution is 6.10. The number of hydrogen-bond donors (Lipinski definition) is 8. The maximum absolute atomic E-state index is 13.2. The van der Waals surface area contributed by atoms with E-state index < -0.39 is 64.4 Å². The second-order valence-electron chi connectivity index (χ2n) is 12.6. The normalized spacial score (nSPS) is 10.9. The van der Waals surface area contributed by atoms with Crippen LogP contribution in [-0.4, -0.2) is 77.7 Å². The van der Waals surface area contributed by atoms with Gasteiger partial charge in [-0.15, -0.1) is 0 Å². The monoisotopic (exact) mass is 834 g/mol. The number of aromatic carboxylic acids is 1. The molecule has 5 rings (SSSR count). The van der Waals surface area contributed by atoms with Gasteiger partial charge in [0.25, 0.3) is 23.6 Å². The zero-order chi connectivity index (χ0) is 44.2. The van der Waals surface area contributed by atoms with Crippen molar-refractivity contribution < 1.29 is 62.7 Å². The minimum Gasteiger partial charge on any atom is -0.504 e. The van der Waals surface area contributed by atoms with Crippen LogP contribution >= 0.6 is 0 Å². The Hall–Kier alpha value is -8.66. The van der Waals surface area contributed by atoms with Crippen LogP contribution in [0.5, 0.6) is 28.7 Å². The standard InChI is InChI=1S/C42H35FN6O12/c1-59-36-30(17-15-28(34(36)51)40(55)48-31-18-16-29(42(57)58)35(52)37(31)60-2)47-38(53)22-5-11-26(12-6-22)46-41(56)32(19-20-44)49-39(54)23-3-9-25(10-4-23)45-33(50)21-61-27-13-7-24(43)8-14-27/h3-18,32,51-52H,19,21H2,1-2H3,(H,45,50)(H,46,56)(H,47,53)(H,48,55)(H,49,54)(H,57,58)/t32-/m0/s1. The molecular formula is C42H35FN6O12. The summed E-state index contributed by atoms with van der Waals surface area (Å²) in [4.78, 5) is 76.0. The molecule has 0 aliphatic carbocycles. The van der Waals surface area contributed by atoms with Gasteiger partial charge >= 0.3 is 5.97 Å². The molecule has 0 aliphatic rings. The molecule has 0 aliphatic heterocycles. The number of carboxylic acids is 1. The highest BCUT2D eigenvalue weighted by Gasteiger charge is 2.25. The number of nitrogens with zero attached hydrogens (tertiary/aromatic N) is 1. The van der Waals surface area contributed by atoms with Gasteiger partial charge in [0.1, 0.15) is 23.2 Å². The summed E-state index contributed by atoms with van der Waals surface area (Å²) >= 11 is 0. The lowest BCUT2D eigenvalue weighted by Crippen LogP contribution is -2.43. The van der Waals surface area contributed by atoms with E-state index in [2.05, 4.69) is 26.6 Å². The van der Waals surface area contributed by atoms with Gasteiger partial charge in [-0.1, -0.05) is 0 Å². The lowest BCUT2D eigenvalue weighted by molar-refractivity contribution is -0.118. The molecule has 1 atom stereocenters. The summed E-state index contributed by atoms with van der Waals surface area (Å²) in [5.74, 6) is -7.06. The topological polar surface area (TPSA) is 275 Å². The van der Waals surface area contributed by atoms with Crippen molar-refractivity contribution in [1.29, 1.82) is 5.26 Å². The number of carbonyl (C=O) groups is 6. The molecule has 5 aromatic carbocycles. The number of nitrogens with one attached hydrogen (secondary N) is 5. The fraction of sp³-hybridized carbons (Fsp3) is 0.119. The number of benzene rings is 5. The number of anilines is 4. The first-order valence-electron chi connectivity index (χ1n) is 17.8. The van der Waals surface area contributed by atoms with E-state index in [9.17, 15) is 53.7 Å². The summed E-state index contributed by atoms with van der Waals surface area (Å²) in [6.45, 7) is -0.350.